The molecule has 0 atom stereocenters. The van der Waals surface area contributed by atoms with Gasteiger partial charge in [-0.1, -0.05) is 12.1 Å². The zero-order valence-electron chi connectivity index (χ0n) is 15.5. The van der Waals surface area contributed by atoms with Gasteiger partial charge in [0.2, 0.25) is 5.91 Å². The van der Waals surface area contributed by atoms with Crippen LogP contribution in [-0.4, -0.2) is 25.7 Å². The van der Waals surface area contributed by atoms with Gasteiger partial charge in [0.1, 0.15) is 17.3 Å². The van der Waals surface area contributed by atoms with E-state index in [-0.39, 0.29) is 11.7 Å². The van der Waals surface area contributed by atoms with E-state index in [9.17, 15) is 9.18 Å². The number of hydrogen-bond donors (Lipinski definition) is 2. The Balaban J connectivity index is 1.62. The molecule has 6 heteroatoms. The van der Waals surface area contributed by atoms with Crippen molar-refractivity contribution in [2.75, 3.05) is 19.8 Å². The third kappa shape index (κ3) is 4.64. The highest BCUT2D eigenvalue weighted by Crippen LogP contribution is 2.30. The van der Waals surface area contributed by atoms with Crippen LogP contribution in [0.15, 0.2) is 42.5 Å². The second-order valence-corrected chi connectivity index (χ2v) is 6.94. The third-order valence-corrected chi connectivity index (χ3v) is 5.06. The van der Waals surface area contributed by atoms with Crippen molar-refractivity contribution < 1.29 is 18.7 Å². The summed E-state index contributed by atoms with van der Waals surface area (Å²) in [7, 11) is 0. The third-order valence-electron chi connectivity index (χ3n) is 5.06. The number of rotatable bonds is 6. The van der Waals surface area contributed by atoms with E-state index in [1.54, 1.807) is 12.1 Å². The van der Waals surface area contributed by atoms with Crippen LogP contribution in [0.2, 0.25) is 0 Å². The summed E-state index contributed by atoms with van der Waals surface area (Å²) in [6.07, 6.45) is 1.30. The molecule has 5 nitrogen and oxygen atoms in total. The van der Waals surface area contributed by atoms with E-state index in [4.69, 9.17) is 15.2 Å². The SMILES string of the molecule is Cc1cc(CNC(=O)C2(CN)CCOCC2)ccc1Oc1ccc(F)cc1. The number of ether oxygens (including phenoxy) is 2. The molecule has 2 aromatic rings. The maximum absolute atomic E-state index is 13.0. The molecular formula is C21H25FN2O3. The summed E-state index contributed by atoms with van der Waals surface area (Å²) in [5.74, 6) is 0.951. The van der Waals surface area contributed by atoms with E-state index in [1.165, 1.54) is 12.1 Å². The lowest BCUT2D eigenvalue weighted by Gasteiger charge is -2.34. The first-order valence-electron chi connectivity index (χ1n) is 9.11. The lowest BCUT2D eigenvalue weighted by atomic mass is 9.79. The standard InChI is InChI=1S/C21H25FN2O3/c1-15-12-16(2-7-19(15)27-18-5-3-17(22)4-6-18)13-24-20(25)21(14-23)8-10-26-11-9-21/h2-7,12H,8-11,13-14,23H2,1H3,(H,24,25). The van der Waals surface area contributed by atoms with Gasteiger partial charge in [0.15, 0.2) is 0 Å². The van der Waals surface area contributed by atoms with Crippen LogP contribution in [0.5, 0.6) is 11.5 Å². The fourth-order valence-electron chi connectivity index (χ4n) is 3.22. The Labute approximate surface area is 158 Å². The van der Waals surface area contributed by atoms with Gasteiger partial charge in [0.05, 0.1) is 5.41 Å². The summed E-state index contributed by atoms with van der Waals surface area (Å²) >= 11 is 0. The van der Waals surface area contributed by atoms with Crippen LogP contribution < -0.4 is 15.8 Å². The molecule has 1 heterocycles. The molecule has 0 aromatic heterocycles. The van der Waals surface area contributed by atoms with Crippen molar-refractivity contribution in [2.24, 2.45) is 11.1 Å². The van der Waals surface area contributed by atoms with Gasteiger partial charge in [-0.3, -0.25) is 4.79 Å². The Bertz CT molecular complexity index is 787. The van der Waals surface area contributed by atoms with E-state index >= 15 is 0 Å². The molecular weight excluding hydrogens is 347 g/mol. The second kappa shape index (κ2) is 8.50. The van der Waals surface area contributed by atoms with Crippen molar-refractivity contribution in [1.82, 2.24) is 5.32 Å². The van der Waals surface area contributed by atoms with Gasteiger partial charge in [-0.15, -0.1) is 0 Å². The van der Waals surface area contributed by atoms with Gasteiger partial charge in [0.25, 0.3) is 0 Å². The second-order valence-electron chi connectivity index (χ2n) is 6.94. The maximum atomic E-state index is 13.0. The number of hydrogen-bond acceptors (Lipinski definition) is 4. The van der Waals surface area contributed by atoms with Crippen molar-refractivity contribution in [1.29, 1.82) is 0 Å². The molecule has 3 rings (SSSR count). The largest absolute Gasteiger partial charge is 0.457 e. The number of halogens is 1. The number of amides is 1. The van der Waals surface area contributed by atoms with Gasteiger partial charge < -0.3 is 20.5 Å². The van der Waals surface area contributed by atoms with E-state index in [0.29, 0.717) is 50.6 Å². The predicted molar refractivity (Wildman–Crippen MR) is 101 cm³/mol. The Morgan fingerprint density at radius 3 is 2.56 bits per heavy atom. The fourth-order valence-corrected chi connectivity index (χ4v) is 3.22. The zero-order chi connectivity index (χ0) is 19.3. The van der Waals surface area contributed by atoms with Gasteiger partial charge in [-0.25, -0.2) is 4.39 Å². The van der Waals surface area contributed by atoms with Crippen molar-refractivity contribution in [2.45, 2.75) is 26.3 Å². The first-order valence-corrected chi connectivity index (χ1v) is 9.11. The minimum absolute atomic E-state index is 0.0161. The van der Waals surface area contributed by atoms with Crippen molar-refractivity contribution in [3.05, 3.63) is 59.4 Å². The topological polar surface area (TPSA) is 73.6 Å². The molecule has 1 fully saturated rings. The van der Waals surface area contributed by atoms with Crippen LogP contribution in [0.25, 0.3) is 0 Å². The molecule has 0 radical (unpaired) electrons. The van der Waals surface area contributed by atoms with E-state index in [2.05, 4.69) is 5.32 Å². The Hall–Kier alpha value is -2.44. The Morgan fingerprint density at radius 1 is 1.22 bits per heavy atom. The summed E-state index contributed by atoms with van der Waals surface area (Å²) in [5.41, 5.74) is 7.26. The summed E-state index contributed by atoms with van der Waals surface area (Å²) < 4.78 is 24.1. The van der Waals surface area contributed by atoms with Crippen LogP contribution in [0.4, 0.5) is 4.39 Å². The minimum atomic E-state index is -0.529. The molecule has 2 aromatic carbocycles. The maximum Gasteiger partial charge on any atom is 0.227 e. The van der Waals surface area contributed by atoms with Crippen molar-refractivity contribution >= 4 is 5.91 Å². The van der Waals surface area contributed by atoms with Crippen LogP contribution in [0.3, 0.4) is 0 Å². The van der Waals surface area contributed by atoms with Gasteiger partial charge in [0, 0.05) is 26.3 Å². The number of benzene rings is 2. The molecule has 1 aliphatic rings. The molecule has 3 N–H and O–H groups in total. The zero-order valence-corrected chi connectivity index (χ0v) is 15.5. The first-order chi connectivity index (χ1) is 13.0. The van der Waals surface area contributed by atoms with Crippen LogP contribution in [0, 0.1) is 18.2 Å². The Kier molecular flexibility index (Phi) is 6.08. The molecule has 0 spiro atoms. The van der Waals surface area contributed by atoms with E-state index < -0.39 is 5.41 Å². The van der Waals surface area contributed by atoms with E-state index in [0.717, 1.165) is 11.1 Å². The van der Waals surface area contributed by atoms with E-state index in [1.807, 2.05) is 25.1 Å². The molecule has 144 valence electrons. The quantitative estimate of drug-likeness (QED) is 0.816. The highest BCUT2D eigenvalue weighted by Gasteiger charge is 2.38. The molecule has 0 unspecified atom stereocenters. The minimum Gasteiger partial charge on any atom is -0.457 e. The number of nitrogens with one attached hydrogen (secondary N) is 1. The molecule has 27 heavy (non-hydrogen) atoms. The lowest BCUT2D eigenvalue weighted by Crippen LogP contribution is -2.48. The highest BCUT2D eigenvalue weighted by molar-refractivity contribution is 5.83. The summed E-state index contributed by atoms with van der Waals surface area (Å²) in [5, 5.41) is 3.01. The molecule has 1 saturated heterocycles. The number of aryl methyl sites for hydroxylation is 1. The van der Waals surface area contributed by atoms with Crippen LogP contribution in [-0.2, 0) is 16.1 Å². The number of carbonyl (C=O) groups is 1. The molecule has 0 saturated carbocycles. The van der Waals surface area contributed by atoms with Crippen molar-refractivity contribution in [3.63, 3.8) is 0 Å². The monoisotopic (exact) mass is 372 g/mol. The molecule has 0 aliphatic carbocycles. The molecule has 1 amide bonds. The van der Waals surface area contributed by atoms with Gasteiger partial charge >= 0.3 is 0 Å². The normalized spacial score (nSPS) is 16.0. The van der Waals surface area contributed by atoms with Gasteiger partial charge in [-0.05, 0) is 61.2 Å². The van der Waals surface area contributed by atoms with Crippen molar-refractivity contribution in [3.8, 4) is 11.5 Å². The number of nitrogens with two attached hydrogens (primary N) is 1. The number of carbonyl (C=O) groups excluding carboxylic acids is 1. The summed E-state index contributed by atoms with van der Waals surface area (Å²) in [6, 6.07) is 11.6. The predicted octanol–water partition coefficient (Wildman–Crippen LogP) is 3.30. The fraction of sp³-hybridized carbons (Fsp3) is 0.381. The highest BCUT2D eigenvalue weighted by atomic mass is 19.1. The Morgan fingerprint density at radius 2 is 1.93 bits per heavy atom. The first kappa shape index (κ1) is 19.3. The van der Waals surface area contributed by atoms with Crippen LogP contribution in [0.1, 0.15) is 24.0 Å². The summed E-state index contributed by atoms with van der Waals surface area (Å²) in [4.78, 5) is 12.6. The smallest absolute Gasteiger partial charge is 0.227 e. The lowest BCUT2D eigenvalue weighted by molar-refractivity contribution is -0.136. The summed E-state index contributed by atoms with van der Waals surface area (Å²) in [6.45, 7) is 3.83. The average molecular weight is 372 g/mol. The van der Waals surface area contributed by atoms with Gasteiger partial charge in [-0.2, -0.15) is 0 Å². The average Bonchev–Trinajstić information content (AvgIpc) is 2.70. The molecule has 0 bridgehead atoms. The molecule has 1 aliphatic heterocycles. The van der Waals surface area contributed by atoms with Crippen LogP contribution >= 0.6 is 0 Å².